The number of methoxy groups -OCH3 is 1. The molecule has 0 bridgehead atoms. The minimum atomic E-state index is -0.353. The van der Waals surface area contributed by atoms with Gasteiger partial charge in [0.15, 0.2) is 0 Å². The van der Waals surface area contributed by atoms with Crippen molar-refractivity contribution in [3.05, 3.63) is 77.7 Å². The second-order valence-electron chi connectivity index (χ2n) is 7.67. The van der Waals surface area contributed by atoms with Crippen molar-refractivity contribution in [2.45, 2.75) is 19.0 Å². The highest BCUT2D eigenvalue weighted by Crippen LogP contribution is 2.24. The average molecular weight is 436 g/mol. The summed E-state index contributed by atoms with van der Waals surface area (Å²) >= 11 is 0. The first-order valence-corrected chi connectivity index (χ1v) is 10.4. The van der Waals surface area contributed by atoms with Gasteiger partial charge in [0, 0.05) is 49.2 Å². The van der Waals surface area contributed by atoms with Gasteiger partial charge < -0.3 is 25.4 Å². The Hall–Kier alpha value is -3.65. The SMILES string of the molecule is COc1ccc(CN[C@H]2CCN(c3ccc(C(=O)Nc4ccc(F)cc4)cn3)C2)c(O)c1. The van der Waals surface area contributed by atoms with E-state index in [0.717, 1.165) is 30.9 Å². The molecular formula is C24H25FN4O3. The van der Waals surface area contributed by atoms with Crippen LogP contribution in [0.1, 0.15) is 22.3 Å². The number of nitrogens with zero attached hydrogens (tertiary/aromatic N) is 2. The summed E-state index contributed by atoms with van der Waals surface area (Å²) in [5.41, 5.74) is 1.78. The van der Waals surface area contributed by atoms with E-state index in [1.807, 2.05) is 18.2 Å². The lowest BCUT2D eigenvalue weighted by Gasteiger charge is -2.18. The molecule has 1 aliphatic heterocycles. The van der Waals surface area contributed by atoms with E-state index in [9.17, 15) is 14.3 Å². The Morgan fingerprint density at radius 2 is 2.03 bits per heavy atom. The van der Waals surface area contributed by atoms with Gasteiger partial charge >= 0.3 is 0 Å². The second kappa shape index (κ2) is 9.65. The number of amides is 1. The van der Waals surface area contributed by atoms with Crippen LogP contribution < -0.4 is 20.3 Å². The summed E-state index contributed by atoms with van der Waals surface area (Å²) < 4.78 is 18.1. The lowest BCUT2D eigenvalue weighted by Crippen LogP contribution is -2.32. The van der Waals surface area contributed by atoms with E-state index in [1.54, 1.807) is 25.4 Å². The summed E-state index contributed by atoms with van der Waals surface area (Å²) in [5.74, 6) is 0.992. The molecule has 8 heteroatoms. The highest BCUT2D eigenvalue weighted by atomic mass is 19.1. The first-order valence-electron chi connectivity index (χ1n) is 10.4. The predicted molar refractivity (Wildman–Crippen MR) is 121 cm³/mol. The van der Waals surface area contributed by atoms with E-state index in [1.165, 1.54) is 24.3 Å². The van der Waals surface area contributed by atoms with Gasteiger partial charge in [-0.1, -0.05) is 6.07 Å². The molecule has 32 heavy (non-hydrogen) atoms. The molecule has 0 radical (unpaired) electrons. The largest absolute Gasteiger partial charge is 0.507 e. The molecule has 0 spiro atoms. The maximum Gasteiger partial charge on any atom is 0.257 e. The van der Waals surface area contributed by atoms with Crippen molar-refractivity contribution in [2.24, 2.45) is 0 Å². The van der Waals surface area contributed by atoms with Crippen molar-refractivity contribution in [1.82, 2.24) is 10.3 Å². The summed E-state index contributed by atoms with van der Waals surface area (Å²) in [6.07, 6.45) is 2.50. The van der Waals surface area contributed by atoms with Crippen molar-refractivity contribution >= 4 is 17.4 Å². The monoisotopic (exact) mass is 436 g/mol. The van der Waals surface area contributed by atoms with Crippen LogP contribution in [0.4, 0.5) is 15.9 Å². The normalized spacial score (nSPS) is 15.6. The quantitative estimate of drug-likeness (QED) is 0.525. The molecule has 1 amide bonds. The fourth-order valence-corrected chi connectivity index (χ4v) is 3.65. The Morgan fingerprint density at radius 3 is 2.72 bits per heavy atom. The number of benzene rings is 2. The van der Waals surface area contributed by atoms with E-state index in [2.05, 4.69) is 20.5 Å². The zero-order valence-electron chi connectivity index (χ0n) is 17.7. The number of hydrogen-bond donors (Lipinski definition) is 3. The molecule has 0 aliphatic carbocycles. The van der Waals surface area contributed by atoms with Crippen LogP contribution >= 0.6 is 0 Å². The second-order valence-corrected chi connectivity index (χ2v) is 7.67. The minimum absolute atomic E-state index is 0.211. The summed E-state index contributed by atoms with van der Waals surface area (Å²) in [5, 5.41) is 16.3. The van der Waals surface area contributed by atoms with Crippen molar-refractivity contribution in [1.29, 1.82) is 0 Å². The van der Waals surface area contributed by atoms with Gasteiger partial charge in [-0.05, 0) is 48.9 Å². The number of aromatic hydroxyl groups is 1. The summed E-state index contributed by atoms with van der Waals surface area (Å²) in [7, 11) is 1.57. The number of hydrogen-bond acceptors (Lipinski definition) is 6. The van der Waals surface area contributed by atoms with Crippen LogP contribution in [0.2, 0.25) is 0 Å². The number of phenolic OH excluding ortho intramolecular Hbond substituents is 1. The predicted octanol–water partition coefficient (Wildman–Crippen LogP) is 3.56. The third-order valence-electron chi connectivity index (χ3n) is 5.50. The number of anilines is 2. The Morgan fingerprint density at radius 1 is 1.22 bits per heavy atom. The van der Waals surface area contributed by atoms with Crippen LogP contribution in [0.15, 0.2) is 60.8 Å². The van der Waals surface area contributed by atoms with Crippen molar-refractivity contribution in [3.63, 3.8) is 0 Å². The number of pyridine rings is 1. The topological polar surface area (TPSA) is 86.7 Å². The molecule has 2 aromatic carbocycles. The fraction of sp³-hybridized carbons (Fsp3) is 0.250. The van der Waals surface area contributed by atoms with Gasteiger partial charge in [-0.3, -0.25) is 4.79 Å². The molecule has 1 fully saturated rings. The molecule has 1 saturated heterocycles. The molecule has 1 aliphatic rings. The maximum absolute atomic E-state index is 13.0. The fourth-order valence-electron chi connectivity index (χ4n) is 3.65. The molecule has 4 rings (SSSR count). The van der Waals surface area contributed by atoms with Crippen molar-refractivity contribution in [3.8, 4) is 11.5 Å². The smallest absolute Gasteiger partial charge is 0.257 e. The van der Waals surface area contributed by atoms with Crippen molar-refractivity contribution in [2.75, 3.05) is 30.4 Å². The van der Waals surface area contributed by atoms with Gasteiger partial charge in [0.2, 0.25) is 0 Å². The molecule has 0 unspecified atom stereocenters. The molecule has 3 N–H and O–H groups in total. The Kier molecular flexibility index (Phi) is 6.51. The molecule has 7 nitrogen and oxygen atoms in total. The van der Waals surface area contributed by atoms with Crippen molar-refractivity contribution < 1.29 is 19.0 Å². The minimum Gasteiger partial charge on any atom is -0.507 e. The molecule has 3 aromatic rings. The van der Waals surface area contributed by atoms with Crippen LogP contribution in [-0.2, 0) is 6.54 Å². The van der Waals surface area contributed by atoms with Crippen LogP contribution in [0.25, 0.3) is 0 Å². The Labute approximate surface area is 185 Å². The van der Waals surface area contributed by atoms with E-state index in [4.69, 9.17) is 4.74 Å². The van der Waals surface area contributed by atoms with Gasteiger partial charge in [-0.2, -0.15) is 0 Å². The molecular weight excluding hydrogens is 411 g/mol. The zero-order chi connectivity index (χ0) is 22.5. The lowest BCUT2D eigenvalue weighted by atomic mass is 10.1. The Balaban J connectivity index is 1.30. The number of halogens is 1. The summed E-state index contributed by atoms with van der Waals surface area (Å²) in [6, 6.07) is 14.7. The summed E-state index contributed by atoms with van der Waals surface area (Å²) in [6.45, 7) is 2.19. The number of nitrogens with one attached hydrogen (secondary N) is 2. The van der Waals surface area contributed by atoms with Crippen LogP contribution in [0.5, 0.6) is 11.5 Å². The first kappa shape index (κ1) is 21.6. The number of rotatable bonds is 7. The van der Waals surface area contributed by atoms with Gasteiger partial charge in [0.25, 0.3) is 5.91 Å². The van der Waals surface area contributed by atoms with E-state index < -0.39 is 0 Å². The average Bonchev–Trinajstić information content (AvgIpc) is 3.29. The lowest BCUT2D eigenvalue weighted by molar-refractivity contribution is 0.102. The van der Waals surface area contributed by atoms with Gasteiger partial charge in [-0.25, -0.2) is 9.37 Å². The maximum atomic E-state index is 13.0. The third kappa shape index (κ3) is 5.15. The number of carbonyl (C=O) groups is 1. The Bertz CT molecular complexity index is 1070. The first-order chi connectivity index (χ1) is 15.5. The third-order valence-corrected chi connectivity index (χ3v) is 5.50. The summed E-state index contributed by atoms with van der Waals surface area (Å²) in [4.78, 5) is 19.0. The van der Waals surface area contributed by atoms with Crippen LogP contribution in [0.3, 0.4) is 0 Å². The molecule has 1 atom stereocenters. The number of phenols is 1. The molecule has 0 saturated carbocycles. The molecule has 2 heterocycles. The van der Waals surface area contributed by atoms with E-state index in [0.29, 0.717) is 23.5 Å². The zero-order valence-corrected chi connectivity index (χ0v) is 17.7. The molecule has 166 valence electrons. The number of ether oxygens (including phenoxy) is 1. The van der Waals surface area contributed by atoms with E-state index >= 15 is 0 Å². The number of carbonyl (C=O) groups excluding carboxylic acids is 1. The van der Waals surface area contributed by atoms with Crippen LogP contribution in [0, 0.1) is 5.82 Å². The molecule has 1 aromatic heterocycles. The number of aromatic nitrogens is 1. The van der Waals surface area contributed by atoms with Gasteiger partial charge in [0.05, 0.1) is 12.7 Å². The van der Waals surface area contributed by atoms with E-state index in [-0.39, 0.29) is 23.5 Å². The standard InChI is InChI=1S/C24H25FN4O3/c1-32-21-8-2-16(22(30)12-21)13-26-20-10-11-29(15-20)23-9-3-17(14-27-23)24(31)28-19-6-4-18(25)5-7-19/h2-9,12,14,20,26,30H,10-11,13,15H2,1H3,(H,28,31)/t20-/m0/s1. The highest BCUT2D eigenvalue weighted by Gasteiger charge is 2.23. The van der Waals surface area contributed by atoms with Crippen LogP contribution in [-0.4, -0.2) is 42.2 Å². The van der Waals surface area contributed by atoms with Gasteiger partial charge in [-0.15, -0.1) is 0 Å². The highest BCUT2D eigenvalue weighted by molar-refractivity contribution is 6.04. The van der Waals surface area contributed by atoms with Gasteiger partial charge in [0.1, 0.15) is 23.1 Å².